The van der Waals surface area contributed by atoms with Crippen molar-refractivity contribution in [2.45, 2.75) is 24.9 Å². The van der Waals surface area contributed by atoms with E-state index in [1.54, 1.807) is 0 Å². The third-order valence-electron chi connectivity index (χ3n) is 1.26. The zero-order valence-electron chi connectivity index (χ0n) is 5.99. The van der Waals surface area contributed by atoms with Gasteiger partial charge in [0.2, 0.25) is 0 Å². The summed E-state index contributed by atoms with van der Waals surface area (Å²) in [5.41, 5.74) is 0. The van der Waals surface area contributed by atoms with E-state index in [4.69, 9.17) is 0 Å². The number of halogens is 4. The summed E-state index contributed by atoms with van der Waals surface area (Å²) < 4.78 is 48.5. The highest BCUT2D eigenvalue weighted by Crippen LogP contribution is 2.27. The fourth-order valence-corrected chi connectivity index (χ4v) is 0.601. The van der Waals surface area contributed by atoms with E-state index in [1.807, 2.05) is 0 Å². The van der Waals surface area contributed by atoms with Gasteiger partial charge in [0.1, 0.15) is 0 Å². The Balaban J connectivity index is 3.93. The summed E-state index contributed by atoms with van der Waals surface area (Å²) in [7, 11) is 0. The second-order valence-electron chi connectivity index (χ2n) is 2.19. The number of hydrogen-bond donors (Lipinski definition) is 0. The van der Waals surface area contributed by atoms with E-state index in [-0.39, 0.29) is 0 Å². The van der Waals surface area contributed by atoms with E-state index < -0.39 is 31.6 Å². The lowest BCUT2D eigenvalue weighted by Crippen LogP contribution is -2.30. The predicted molar refractivity (Wildman–Crippen MR) is 35.2 cm³/mol. The van der Waals surface area contributed by atoms with Gasteiger partial charge in [0.15, 0.2) is 6.17 Å². The van der Waals surface area contributed by atoms with Crippen LogP contribution in [-0.2, 0) is 0 Å². The molecule has 0 aliphatic heterocycles. The number of alkyl halides is 4. The van der Waals surface area contributed by atoms with E-state index in [2.05, 4.69) is 6.58 Å². The van der Waals surface area contributed by atoms with Crippen molar-refractivity contribution in [3.63, 3.8) is 0 Å². The van der Waals surface area contributed by atoms with Crippen LogP contribution in [0.5, 0.6) is 0 Å². The lowest BCUT2D eigenvalue weighted by atomic mass is 10.1. The molecule has 0 aliphatic carbocycles. The first-order valence-corrected chi connectivity index (χ1v) is 3.23. The Hall–Kier alpha value is -0.540. The molecular formula is C7H10F4. The Morgan fingerprint density at radius 2 is 2.00 bits per heavy atom. The molecular weight excluding hydrogens is 160 g/mol. The first-order chi connectivity index (χ1) is 5.04. The van der Waals surface area contributed by atoms with Gasteiger partial charge in [0, 0.05) is 12.8 Å². The third kappa shape index (κ3) is 3.39. The largest absolute Gasteiger partial charge is 0.281 e. The van der Waals surface area contributed by atoms with Gasteiger partial charge in [-0.05, 0) is 0 Å². The SMILES string of the molecule is C=CCC(F)C(F)(F)CCF. The normalized spacial score (nSPS) is 14.5. The minimum atomic E-state index is -3.55. The predicted octanol–water partition coefficient (Wildman–Crippen LogP) is 2.90. The van der Waals surface area contributed by atoms with E-state index in [0.717, 1.165) is 6.08 Å². The molecule has 11 heavy (non-hydrogen) atoms. The first-order valence-electron chi connectivity index (χ1n) is 3.23. The van der Waals surface area contributed by atoms with Crippen molar-refractivity contribution in [3.8, 4) is 0 Å². The van der Waals surface area contributed by atoms with Crippen LogP contribution in [0, 0.1) is 0 Å². The summed E-state index contributed by atoms with van der Waals surface area (Å²) in [4.78, 5) is 0. The lowest BCUT2D eigenvalue weighted by molar-refractivity contribution is -0.0802. The molecule has 0 radical (unpaired) electrons. The fraction of sp³-hybridized carbons (Fsp3) is 0.714. The van der Waals surface area contributed by atoms with Crippen LogP contribution in [0.3, 0.4) is 0 Å². The minimum Gasteiger partial charge on any atom is -0.251 e. The maximum absolute atomic E-state index is 12.4. The van der Waals surface area contributed by atoms with Gasteiger partial charge in [-0.25, -0.2) is 13.2 Å². The van der Waals surface area contributed by atoms with Crippen LogP contribution in [0.1, 0.15) is 12.8 Å². The van der Waals surface area contributed by atoms with Crippen LogP contribution in [0.4, 0.5) is 17.6 Å². The fourth-order valence-electron chi connectivity index (χ4n) is 0.601. The lowest BCUT2D eigenvalue weighted by Gasteiger charge is -2.17. The molecule has 0 bridgehead atoms. The molecule has 0 aromatic carbocycles. The Morgan fingerprint density at radius 3 is 2.36 bits per heavy atom. The van der Waals surface area contributed by atoms with Gasteiger partial charge >= 0.3 is 0 Å². The topological polar surface area (TPSA) is 0 Å². The quantitative estimate of drug-likeness (QED) is 0.439. The molecule has 4 heteroatoms. The zero-order valence-corrected chi connectivity index (χ0v) is 5.99. The molecule has 0 aliphatic rings. The van der Waals surface area contributed by atoms with Crippen LogP contribution < -0.4 is 0 Å². The summed E-state index contributed by atoms with van der Waals surface area (Å²) >= 11 is 0. The second-order valence-corrected chi connectivity index (χ2v) is 2.19. The van der Waals surface area contributed by atoms with Crippen LogP contribution >= 0.6 is 0 Å². The van der Waals surface area contributed by atoms with Gasteiger partial charge in [0.25, 0.3) is 5.92 Å². The van der Waals surface area contributed by atoms with Crippen molar-refractivity contribution in [3.05, 3.63) is 12.7 Å². The zero-order chi connectivity index (χ0) is 8.91. The minimum absolute atomic E-state index is 0.437. The number of hydrogen-bond acceptors (Lipinski definition) is 0. The molecule has 0 fully saturated rings. The summed E-state index contributed by atoms with van der Waals surface area (Å²) in [6, 6.07) is 0. The van der Waals surface area contributed by atoms with Gasteiger partial charge in [0.05, 0.1) is 6.67 Å². The summed E-state index contributed by atoms with van der Waals surface area (Å²) in [5.74, 6) is -3.55. The van der Waals surface area contributed by atoms with Crippen LogP contribution in [-0.4, -0.2) is 18.8 Å². The Labute approximate surface area is 62.9 Å². The molecule has 0 nitrogen and oxygen atoms in total. The molecule has 1 atom stereocenters. The highest BCUT2D eigenvalue weighted by atomic mass is 19.3. The van der Waals surface area contributed by atoms with Crippen molar-refractivity contribution >= 4 is 0 Å². The van der Waals surface area contributed by atoms with Crippen molar-refractivity contribution in [2.24, 2.45) is 0 Å². The van der Waals surface area contributed by atoms with Crippen molar-refractivity contribution in [2.75, 3.05) is 6.67 Å². The van der Waals surface area contributed by atoms with Crippen molar-refractivity contribution in [1.29, 1.82) is 0 Å². The summed E-state index contributed by atoms with van der Waals surface area (Å²) in [5, 5.41) is 0. The van der Waals surface area contributed by atoms with Crippen LogP contribution in [0.2, 0.25) is 0 Å². The molecule has 0 N–H and O–H groups in total. The molecule has 1 unspecified atom stereocenters. The average molecular weight is 170 g/mol. The van der Waals surface area contributed by atoms with Gasteiger partial charge in [-0.3, -0.25) is 4.39 Å². The van der Waals surface area contributed by atoms with Crippen molar-refractivity contribution < 1.29 is 17.6 Å². The van der Waals surface area contributed by atoms with E-state index >= 15 is 0 Å². The maximum Gasteiger partial charge on any atom is 0.281 e. The monoisotopic (exact) mass is 170 g/mol. The van der Waals surface area contributed by atoms with Gasteiger partial charge in [-0.15, -0.1) is 6.58 Å². The second kappa shape index (κ2) is 4.36. The van der Waals surface area contributed by atoms with Gasteiger partial charge in [-0.2, -0.15) is 0 Å². The highest BCUT2D eigenvalue weighted by Gasteiger charge is 2.38. The van der Waals surface area contributed by atoms with E-state index in [1.165, 1.54) is 0 Å². The highest BCUT2D eigenvalue weighted by molar-refractivity contribution is 4.83. The summed E-state index contributed by atoms with van der Waals surface area (Å²) in [6.45, 7) is 1.90. The Kier molecular flexibility index (Phi) is 4.15. The molecule has 0 spiro atoms. The van der Waals surface area contributed by atoms with Crippen molar-refractivity contribution in [1.82, 2.24) is 0 Å². The Bertz CT molecular complexity index is 122. The van der Waals surface area contributed by atoms with E-state index in [9.17, 15) is 17.6 Å². The number of allylic oxidation sites excluding steroid dienone is 1. The molecule has 0 saturated heterocycles. The molecule has 0 aromatic rings. The molecule has 0 saturated carbocycles. The van der Waals surface area contributed by atoms with Gasteiger partial charge in [-0.1, -0.05) is 6.08 Å². The maximum atomic E-state index is 12.4. The summed E-state index contributed by atoms with van der Waals surface area (Å²) in [6.07, 6.45) is -2.75. The average Bonchev–Trinajstić information content (AvgIpc) is 1.88. The molecule has 0 heterocycles. The third-order valence-corrected chi connectivity index (χ3v) is 1.26. The molecule has 0 amide bonds. The van der Waals surface area contributed by atoms with Gasteiger partial charge < -0.3 is 0 Å². The molecule has 66 valence electrons. The van der Waals surface area contributed by atoms with Crippen LogP contribution in [0.25, 0.3) is 0 Å². The number of rotatable bonds is 5. The standard InChI is InChI=1S/C7H10F4/c1-2-3-6(9)7(10,11)4-5-8/h2,6H,1,3-5H2. The Morgan fingerprint density at radius 1 is 1.45 bits per heavy atom. The molecule has 0 aromatic heterocycles. The smallest absolute Gasteiger partial charge is 0.251 e. The van der Waals surface area contributed by atoms with E-state index in [0.29, 0.717) is 0 Å². The first kappa shape index (κ1) is 10.5. The molecule has 0 rings (SSSR count). The van der Waals surface area contributed by atoms with Crippen LogP contribution in [0.15, 0.2) is 12.7 Å².